The van der Waals surface area contributed by atoms with Crippen molar-refractivity contribution in [1.82, 2.24) is 0 Å². The van der Waals surface area contributed by atoms with E-state index < -0.39 is 6.10 Å². The van der Waals surface area contributed by atoms with Gasteiger partial charge in [0.1, 0.15) is 13.2 Å². The summed E-state index contributed by atoms with van der Waals surface area (Å²) in [4.78, 5) is 38.1. The fourth-order valence-corrected chi connectivity index (χ4v) is 9.27. The third kappa shape index (κ3) is 58.3. The van der Waals surface area contributed by atoms with Crippen LogP contribution in [0.15, 0.2) is 48.6 Å². The molecule has 0 radical (unpaired) electrons. The molecule has 0 aromatic heterocycles. The molecule has 0 spiro atoms. The summed E-state index contributed by atoms with van der Waals surface area (Å²) in [6.45, 7) is 6.64. The first-order chi connectivity index (χ1) is 35.5. The molecule has 0 aliphatic carbocycles. The number of unbranched alkanes of at least 4 members (excludes halogenated alkanes) is 39. The predicted molar refractivity (Wildman–Crippen MR) is 312 cm³/mol. The molecule has 0 aromatic carbocycles. The van der Waals surface area contributed by atoms with Crippen molar-refractivity contribution in [3.8, 4) is 0 Å². The Morgan fingerprint density at radius 3 is 0.792 bits per heavy atom. The summed E-state index contributed by atoms with van der Waals surface area (Å²) in [5.41, 5.74) is 0. The van der Waals surface area contributed by atoms with E-state index in [2.05, 4.69) is 69.4 Å². The van der Waals surface area contributed by atoms with Crippen molar-refractivity contribution in [2.24, 2.45) is 0 Å². The minimum absolute atomic E-state index is 0.0725. The molecule has 1 atom stereocenters. The molecule has 0 heterocycles. The lowest BCUT2D eigenvalue weighted by atomic mass is 10.0. The van der Waals surface area contributed by atoms with Gasteiger partial charge in [-0.2, -0.15) is 0 Å². The SMILES string of the molecule is CCCCCCC/C=C\C/C=C\C/C=C\CCCCCCCCCCCCCCCCC(=O)OCC(COC(=O)CCCCCCCCCCCCC)OC(=O)CCCCCCC/C=C\CCCCCCC. The average molecular weight is 1010 g/mol. The van der Waals surface area contributed by atoms with Crippen LogP contribution in [0.3, 0.4) is 0 Å². The molecule has 420 valence electrons. The highest BCUT2D eigenvalue weighted by atomic mass is 16.6. The molecular formula is C66H120O6. The van der Waals surface area contributed by atoms with Gasteiger partial charge in [-0.05, 0) is 83.5 Å². The van der Waals surface area contributed by atoms with Gasteiger partial charge >= 0.3 is 17.9 Å². The number of carbonyl (C=O) groups is 3. The molecule has 0 N–H and O–H groups in total. The van der Waals surface area contributed by atoms with Crippen LogP contribution in [0.1, 0.15) is 335 Å². The summed E-state index contributed by atoms with van der Waals surface area (Å²) in [5.74, 6) is -0.866. The minimum Gasteiger partial charge on any atom is -0.462 e. The van der Waals surface area contributed by atoms with Crippen molar-refractivity contribution in [2.75, 3.05) is 13.2 Å². The van der Waals surface area contributed by atoms with Gasteiger partial charge in [0, 0.05) is 19.3 Å². The Balaban J connectivity index is 4.15. The Labute approximate surface area is 448 Å². The number of hydrogen-bond acceptors (Lipinski definition) is 6. The van der Waals surface area contributed by atoms with Crippen molar-refractivity contribution < 1.29 is 28.6 Å². The Bertz CT molecular complexity index is 1250. The summed E-state index contributed by atoms with van der Waals surface area (Å²) in [5, 5.41) is 0. The molecule has 0 saturated carbocycles. The second kappa shape index (κ2) is 60.9. The molecule has 0 aliphatic heterocycles. The van der Waals surface area contributed by atoms with Crippen LogP contribution in [-0.4, -0.2) is 37.2 Å². The van der Waals surface area contributed by atoms with Crippen LogP contribution in [0.5, 0.6) is 0 Å². The first kappa shape index (κ1) is 69.4. The third-order valence-electron chi connectivity index (χ3n) is 14.1. The van der Waals surface area contributed by atoms with Gasteiger partial charge in [-0.15, -0.1) is 0 Å². The van der Waals surface area contributed by atoms with Gasteiger partial charge < -0.3 is 14.2 Å². The van der Waals surface area contributed by atoms with Gasteiger partial charge in [0.15, 0.2) is 6.10 Å². The third-order valence-corrected chi connectivity index (χ3v) is 14.1. The largest absolute Gasteiger partial charge is 0.462 e. The van der Waals surface area contributed by atoms with Crippen molar-refractivity contribution in [3.05, 3.63) is 48.6 Å². The fraction of sp³-hybridized carbons (Fsp3) is 0.833. The Morgan fingerprint density at radius 1 is 0.278 bits per heavy atom. The fourth-order valence-electron chi connectivity index (χ4n) is 9.27. The lowest BCUT2D eigenvalue weighted by Crippen LogP contribution is -2.30. The van der Waals surface area contributed by atoms with E-state index in [1.165, 1.54) is 218 Å². The van der Waals surface area contributed by atoms with Crippen LogP contribution in [-0.2, 0) is 28.6 Å². The number of rotatable bonds is 58. The van der Waals surface area contributed by atoms with Crippen molar-refractivity contribution >= 4 is 17.9 Å². The zero-order chi connectivity index (χ0) is 52.2. The smallest absolute Gasteiger partial charge is 0.306 e. The van der Waals surface area contributed by atoms with Crippen LogP contribution in [0.2, 0.25) is 0 Å². The first-order valence-corrected chi connectivity index (χ1v) is 31.6. The van der Waals surface area contributed by atoms with Crippen molar-refractivity contribution in [1.29, 1.82) is 0 Å². The second-order valence-corrected chi connectivity index (χ2v) is 21.3. The molecule has 0 bridgehead atoms. The molecule has 0 saturated heterocycles. The molecule has 72 heavy (non-hydrogen) atoms. The van der Waals surface area contributed by atoms with Gasteiger partial charge in [-0.25, -0.2) is 0 Å². The van der Waals surface area contributed by atoms with Crippen molar-refractivity contribution in [3.63, 3.8) is 0 Å². The number of esters is 3. The maximum atomic E-state index is 12.8. The number of allylic oxidation sites excluding steroid dienone is 8. The average Bonchev–Trinajstić information content (AvgIpc) is 3.38. The lowest BCUT2D eigenvalue weighted by molar-refractivity contribution is -0.167. The summed E-state index contributed by atoms with van der Waals surface area (Å²) < 4.78 is 16.9. The van der Waals surface area contributed by atoms with Crippen molar-refractivity contribution in [2.45, 2.75) is 341 Å². The van der Waals surface area contributed by atoms with Crippen LogP contribution in [0.25, 0.3) is 0 Å². The maximum absolute atomic E-state index is 12.8. The number of ether oxygens (including phenoxy) is 3. The maximum Gasteiger partial charge on any atom is 0.306 e. The minimum atomic E-state index is -0.774. The van der Waals surface area contributed by atoms with Gasteiger partial charge in [0.25, 0.3) is 0 Å². The lowest BCUT2D eigenvalue weighted by Gasteiger charge is -2.18. The number of carbonyl (C=O) groups excluding carboxylic acids is 3. The molecular weight excluding hydrogens is 889 g/mol. The van der Waals surface area contributed by atoms with Gasteiger partial charge in [0.05, 0.1) is 0 Å². The highest BCUT2D eigenvalue weighted by Crippen LogP contribution is 2.17. The normalized spacial score (nSPS) is 12.3. The van der Waals surface area contributed by atoms with Crippen LogP contribution >= 0.6 is 0 Å². The molecule has 1 unspecified atom stereocenters. The quantitative estimate of drug-likeness (QED) is 0.0261. The van der Waals surface area contributed by atoms with Gasteiger partial charge in [-0.1, -0.05) is 281 Å². The van der Waals surface area contributed by atoms with E-state index in [1.54, 1.807) is 0 Å². The Kier molecular flexibility index (Phi) is 58.7. The van der Waals surface area contributed by atoms with Crippen LogP contribution in [0.4, 0.5) is 0 Å². The molecule has 0 amide bonds. The van der Waals surface area contributed by atoms with Gasteiger partial charge in [0.2, 0.25) is 0 Å². The van der Waals surface area contributed by atoms with E-state index in [1.807, 2.05) is 0 Å². The Morgan fingerprint density at radius 2 is 0.500 bits per heavy atom. The van der Waals surface area contributed by atoms with Crippen LogP contribution < -0.4 is 0 Å². The van der Waals surface area contributed by atoms with Gasteiger partial charge in [-0.3, -0.25) is 14.4 Å². The van der Waals surface area contributed by atoms with E-state index in [4.69, 9.17) is 14.2 Å². The first-order valence-electron chi connectivity index (χ1n) is 31.6. The topological polar surface area (TPSA) is 78.9 Å². The molecule has 0 aliphatic rings. The van der Waals surface area contributed by atoms with E-state index in [0.717, 1.165) is 77.0 Å². The zero-order valence-electron chi connectivity index (χ0n) is 48.2. The van der Waals surface area contributed by atoms with E-state index in [0.29, 0.717) is 19.3 Å². The zero-order valence-corrected chi connectivity index (χ0v) is 48.2. The molecule has 0 fully saturated rings. The van der Waals surface area contributed by atoms with E-state index >= 15 is 0 Å². The summed E-state index contributed by atoms with van der Waals surface area (Å²) in [6.07, 6.45) is 75.5. The van der Waals surface area contributed by atoms with E-state index in [9.17, 15) is 14.4 Å². The second-order valence-electron chi connectivity index (χ2n) is 21.3. The molecule has 0 rings (SSSR count). The summed E-state index contributed by atoms with van der Waals surface area (Å²) >= 11 is 0. The highest BCUT2D eigenvalue weighted by Gasteiger charge is 2.19. The predicted octanol–water partition coefficient (Wildman–Crippen LogP) is 21.4. The molecule has 0 aromatic rings. The summed E-state index contributed by atoms with van der Waals surface area (Å²) in [7, 11) is 0. The van der Waals surface area contributed by atoms with E-state index in [-0.39, 0.29) is 31.1 Å². The monoisotopic (exact) mass is 1010 g/mol. The summed E-state index contributed by atoms with van der Waals surface area (Å²) in [6, 6.07) is 0. The highest BCUT2D eigenvalue weighted by molar-refractivity contribution is 5.71. The molecule has 6 heteroatoms. The number of hydrogen-bond donors (Lipinski definition) is 0. The Hall–Kier alpha value is -2.63. The van der Waals surface area contributed by atoms with Crippen LogP contribution in [0, 0.1) is 0 Å². The standard InChI is InChI=1S/C66H120O6/c1-4-7-10-13-16-19-22-24-26-27-28-29-30-31-32-33-34-35-36-37-38-39-40-42-44-47-50-53-56-59-65(68)71-62-63(61-70-64(67)58-55-52-49-46-43-21-18-15-12-9-6-3)72-66(69)60-57-54-51-48-45-41-25-23-20-17-14-11-8-5-2/h22-25,27-28,30-31,63H,4-21,26,29,32-62H2,1-3H3/b24-22-,25-23-,28-27-,31-30-. The molecule has 6 nitrogen and oxygen atoms in total.